The van der Waals surface area contributed by atoms with Crippen molar-refractivity contribution in [1.82, 2.24) is 24.2 Å². The minimum Gasteiger partial charge on any atom is -0.493 e. The van der Waals surface area contributed by atoms with Crippen LogP contribution in [0.4, 0.5) is 0 Å². The van der Waals surface area contributed by atoms with Crippen LogP contribution in [0.1, 0.15) is 24.0 Å². The van der Waals surface area contributed by atoms with Gasteiger partial charge in [0.25, 0.3) is 5.56 Å². The first kappa shape index (κ1) is 18.1. The first-order chi connectivity index (χ1) is 14.3. The van der Waals surface area contributed by atoms with Gasteiger partial charge in [0, 0.05) is 37.5 Å². The third-order valence-electron chi connectivity index (χ3n) is 5.95. The first-order valence-corrected chi connectivity index (χ1v) is 10.3. The van der Waals surface area contributed by atoms with Gasteiger partial charge in [-0.1, -0.05) is 12.1 Å². The number of benzene rings is 1. The lowest BCUT2D eigenvalue weighted by Crippen LogP contribution is -2.38. The van der Waals surface area contributed by atoms with E-state index in [0.29, 0.717) is 18.4 Å². The molecule has 4 heterocycles. The second-order valence-electron chi connectivity index (χ2n) is 7.80. The molecule has 0 spiro atoms. The molecule has 150 valence electrons. The van der Waals surface area contributed by atoms with Gasteiger partial charge in [-0.25, -0.2) is 9.67 Å². The zero-order valence-electron chi connectivity index (χ0n) is 16.4. The van der Waals surface area contributed by atoms with Gasteiger partial charge in [-0.2, -0.15) is 5.10 Å². The van der Waals surface area contributed by atoms with Crippen molar-refractivity contribution in [3.05, 3.63) is 70.5 Å². The third-order valence-corrected chi connectivity index (χ3v) is 5.95. The van der Waals surface area contributed by atoms with E-state index in [1.165, 1.54) is 17.5 Å². The van der Waals surface area contributed by atoms with Gasteiger partial charge in [0.15, 0.2) is 5.82 Å². The maximum atomic E-state index is 12.4. The number of imidazole rings is 1. The number of hydrogen-bond acceptors (Lipinski definition) is 5. The van der Waals surface area contributed by atoms with Crippen LogP contribution in [0, 0.1) is 0 Å². The molecule has 7 heteroatoms. The molecule has 0 aliphatic carbocycles. The van der Waals surface area contributed by atoms with E-state index in [-0.39, 0.29) is 5.56 Å². The van der Waals surface area contributed by atoms with Crippen molar-refractivity contribution in [3.8, 4) is 11.6 Å². The van der Waals surface area contributed by atoms with Gasteiger partial charge in [0.1, 0.15) is 12.1 Å². The molecule has 0 saturated carbocycles. The number of nitrogens with zero attached hydrogens (tertiary/aromatic N) is 5. The monoisotopic (exact) mass is 391 g/mol. The van der Waals surface area contributed by atoms with E-state index in [1.807, 2.05) is 10.8 Å². The Morgan fingerprint density at radius 3 is 3.07 bits per heavy atom. The van der Waals surface area contributed by atoms with Gasteiger partial charge < -0.3 is 4.74 Å². The number of hydrogen-bond donors (Lipinski definition) is 0. The van der Waals surface area contributed by atoms with Crippen molar-refractivity contribution in [3.63, 3.8) is 0 Å². The molecule has 0 amide bonds. The van der Waals surface area contributed by atoms with Crippen LogP contribution in [0.3, 0.4) is 0 Å². The minimum atomic E-state index is -0.0562. The highest BCUT2D eigenvalue weighted by molar-refractivity contribution is 5.39. The zero-order valence-corrected chi connectivity index (χ0v) is 16.4. The maximum absolute atomic E-state index is 12.4. The summed E-state index contributed by atoms with van der Waals surface area (Å²) in [5.41, 5.74) is 2.63. The molecule has 2 aliphatic heterocycles. The fourth-order valence-corrected chi connectivity index (χ4v) is 4.37. The van der Waals surface area contributed by atoms with Crippen LogP contribution in [0.5, 0.6) is 5.75 Å². The number of likely N-dealkylation sites (tertiary alicyclic amines) is 1. The predicted octanol–water partition coefficient (Wildman–Crippen LogP) is 2.07. The van der Waals surface area contributed by atoms with Crippen molar-refractivity contribution < 1.29 is 4.74 Å². The van der Waals surface area contributed by atoms with Crippen molar-refractivity contribution in [1.29, 1.82) is 0 Å². The standard InChI is InChI=1S/C22H25N5O2/c28-22-6-5-21(26-12-9-23-16-26)24-27(22)15-19-2-1-10-25(19)11-7-17-3-4-20-18(14-17)8-13-29-20/h3-6,9,12,14,16,19H,1-2,7-8,10-11,13,15H2. The molecule has 0 bridgehead atoms. The lowest BCUT2D eigenvalue weighted by molar-refractivity contribution is 0.227. The van der Waals surface area contributed by atoms with E-state index < -0.39 is 0 Å². The van der Waals surface area contributed by atoms with Gasteiger partial charge in [-0.3, -0.25) is 14.3 Å². The van der Waals surface area contributed by atoms with E-state index >= 15 is 0 Å². The molecule has 1 unspecified atom stereocenters. The summed E-state index contributed by atoms with van der Waals surface area (Å²) in [5.74, 6) is 1.75. The molecule has 2 aromatic heterocycles. The Bertz CT molecular complexity index is 1040. The van der Waals surface area contributed by atoms with Gasteiger partial charge >= 0.3 is 0 Å². The molecule has 0 radical (unpaired) electrons. The van der Waals surface area contributed by atoms with Crippen LogP contribution in [-0.4, -0.2) is 50.0 Å². The molecule has 3 aromatic rings. The van der Waals surface area contributed by atoms with E-state index in [2.05, 4.69) is 33.2 Å². The minimum absolute atomic E-state index is 0.0562. The van der Waals surface area contributed by atoms with Gasteiger partial charge in [-0.15, -0.1) is 0 Å². The molecular weight excluding hydrogens is 366 g/mol. The van der Waals surface area contributed by atoms with Gasteiger partial charge in [0.2, 0.25) is 0 Å². The van der Waals surface area contributed by atoms with E-state index in [9.17, 15) is 4.79 Å². The van der Waals surface area contributed by atoms with E-state index in [0.717, 1.165) is 44.7 Å². The average Bonchev–Trinajstić information content (AvgIpc) is 3.49. The first-order valence-electron chi connectivity index (χ1n) is 10.3. The number of ether oxygens (including phenoxy) is 1. The number of fused-ring (bicyclic) bond motifs is 1. The summed E-state index contributed by atoms with van der Waals surface area (Å²) in [4.78, 5) is 18.9. The molecule has 7 nitrogen and oxygen atoms in total. The molecule has 0 N–H and O–H groups in total. The van der Waals surface area contributed by atoms with Crippen LogP contribution in [-0.2, 0) is 19.4 Å². The van der Waals surface area contributed by atoms with Crippen LogP contribution in [0.25, 0.3) is 5.82 Å². The zero-order chi connectivity index (χ0) is 19.6. The topological polar surface area (TPSA) is 65.2 Å². The largest absolute Gasteiger partial charge is 0.493 e. The van der Waals surface area contributed by atoms with Crippen LogP contribution >= 0.6 is 0 Å². The highest BCUT2D eigenvalue weighted by atomic mass is 16.5. The van der Waals surface area contributed by atoms with Crippen molar-refractivity contribution in [2.24, 2.45) is 0 Å². The second-order valence-corrected chi connectivity index (χ2v) is 7.80. The summed E-state index contributed by atoms with van der Waals surface area (Å²) in [7, 11) is 0. The van der Waals surface area contributed by atoms with Crippen molar-refractivity contribution >= 4 is 0 Å². The fraction of sp³-hybridized carbons (Fsp3) is 0.409. The Labute approximate surface area is 169 Å². The molecule has 1 saturated heterocycles. The number of rotatable bonds is 6. The SMILES string of the molecule is O=c1ccc(-n2ccnc2)nn1CC1CCCN1CCc1ccc2c(c1)CCO2. The summed E-state index contributed by atoms with van der Waals surface area (Å²) in [6.45, 7) is 3.50. The molecule has 1 atom stereocenters. The highest BCUT2D eigenvalue weighted by Gasteiger charge is 2.25. The fourth-order valence-electron chi connectivity index (χ4n) is 4.37. The molecule has 5 rings (SSSR count). The van der Waals surface area contributed by atoms with Crippen LogP contribution in [0.2, 0.25) is 0 Å². The van der Waals surface area contributed by atoms with Crippen LogP contribution < -0.4 is 10.3 Å². The van der Waals surface area contributed by atoms with Crippen molar-refractivity contribution in [2.45, 2.75) is 38.3 Å². The smallest absolute Gasteiger partial charge is 0.266 e. The quantitative estimate of drug-likeness (QED) is 0.644. The summed E-state index contributed by atoms with van der Waals surface area (Å²) >= 11 is 0. The Balaban J connectivity index is 1.26. The van der Waals surface area contributed by atoms with Crippen molar-refractivity contribution in [2.75, 3.05) is 19.7 Å². The van der Waals surface area contributed by atoms with E-state index in [4.69, 9.17) is 4.74 Å². The molecule has 29 heavy (non-hydrogen) atoms. The molecule has 1 fully saturated rings. The van der Waals surface area contributed by atoms with Gasteiger partial charge in [-0.05, 0) is 49.1 Å². The molecule has 2 aliphatic rings. The average molecular weight is 391 g/mol. The summed E-state index contributed by atoms with van der Waals surface area (Å²) in [6.07, 6.45) is 9.53. The Hall–Kier alpha value is -2.93. The van der Waals surface area contributed by atoms with E-state index in [1.54, 1.807) is 29.3 Å². The summed E-state index contributed by atoms with van der Waals surface area (Å²) in [5, 5.41) is 4.56. The second kappa shape index (κ2) is 7.83. The Morgan fingerprint density at radius 2 is 2.17 bits per heavy atom. The summed E-state index contributed by atoms with van der Waals surface area (Å²) in [6, 6.07) is 10.2. The highest BCUT2D eigenvalue weighted by Crippen LogP contribution is 2.26. The Kier molecular flexibility index (Phi) is 4.89. The normalized spacial score (nSPS) is 18.7. The number of aromatic nitrogens is 4. The maximum Gasteiger partial charge on any atom is 0.266 e. The third kappa shape index (κ3) is 3.82. The lowest BCUT2D eigenvalue weighted by Gasteiger charge is -2.24. The summed E-state index contributed by atoms with van der Waals surface area (Å²) < 4.78 is 9.03. The lowest BCUT2D eigenvalue weighted by atomic mass is 10.1. The molecular formula is C22H25N5O2. The molecule has 1 aromatic carbocycles. The van der Waals surface area contributed by atoms with Gasteiger partial charge in [0.05, 0.1) is 13.2 Å². The van der Waals surface area contributed by atoms with Crippen LogP contribution in [0.15, 0.2) is 53.8 Å². The predicted molar refractivity (Wildman–Crippen MR) is 110 cm³/mol. The Morgan fingerprint density at radius 1 is 1.21 bits per heavy atom.